The zero-order valence-electron chi connectivity index (χ0n) is 25.2. The van der Waals surface area contributed by atoms with Gasteiger partial charge in [0.15, 0.2) is 29.1 Å². The first-order valence-electron chi connectivity index (χ1n) is 14.5. The standard InChI is InChI=1S/C33H37FN4O5/c1-19-22-14-10-16-42-30(22)24(34)17-23(19)29-28(31(32(40)41)43-33(3,4)5)20(2)35-26-18-25(37-38(26)29)36-27(39)15-9-13-21-11-7-6-8-12-21/h6-8,11-12,17-18,31H,9-10,13-16H2,1-5H3,(H,40,41)(H,36,37,39)/t31-/m0/s1. The van der Waals surface area contributed by atoms with Crippen molar-refractivity contribution in [2.45, 2.75) is 78.4 Å². The third-order valence-electron chi connectivity index (χ3n) is 7.46. The molecule has 0 saturated heterocycles. The van der Waals surface area contributed by atoms with E-state index in [-0.39, 0.29) is 23.0 Å². The van der Waals surface area contributed by atoms with Crippen LogP contribution in [-0.4, -0.2) is 43.8 Å². The number of halogens is 1. The minimum absolute atomic E-state index is 0.203. The summed E-state index contributed by atoms with van der Waals surface area (Å²) in [7, 11) is 0. The summed E-state index contributed by atoms with van der Waals surface area (Å²) in [6, 6.07) is 12.9. The molecule has 0 saturated carbocycles. The molecule has 5 rings (SSSR count). The fourth-order valence-electron chi connectivity index (χ4n) is 5.56. The summed E-state index contributed by atoms with van der Waals surface area (Å²) in [6.07, 6.45) is 1.67. The summed E-state index contributed by atoms with van der Waals surface area (Å²) >= 11 is 0. The first-order valence-corrected chi connectivity index (χ1v) is 14.5. The molecule has 1 aliphatic heterocycles. The number of carboxylic acids is 1. The molecule has 0 radical (unpaired) electrons. The third-order valence-corrected chi connectivity index (χ3v) is 7.46. The van der Waals surface area contributed by atoms with Gasteiger partial charge < -0.3 is 19.9 Å². The third kappa shape index (κ3) is 6.54. The number of aliphatic carboxylic acids is 1. The van der Waals surface area contributed by atoms with Gasteiger partial charge in [-0.1, -0.05) is 30.3 Å². The van der Waals surface area contributed by atoms with Crippen LogP contribution in [0.3, 0.4) is 0 Å². The van der Waals surface area contributed by atoms with Crippen molar-refractivity contribution in [3.63, 3.8) is 0 Å². The van der Waals surface area contributed by atoms with Crippen molar-refractivity contribution < 1.29 is 28.6 Å². The lowest BCUT2D eigenvalue weighted by Gasteiger charge is -2.28. The number of carbonyl (C=O) groups excluding carboxylic acids is 1. The van der Waals surface area contributed by atoms with Crippen LogP contribution in [0.2, 0.25) is 0 Å². The summed E-state index contributed by atoms with van der Waals surface area (Å²) in [4.78, 5) is 30.1. The molecule has 3 heterocycles. The van der Waals surface area contributed by atoms with E-state index < -0.39 is 23.5 Å². The zero-order valence-corrected chi connectivity index (χ0v) is 25.2. The van der Waals surface area contributed by atoms with Crippen molar-refractivity contribution in [3.8, 4) is 17.0 Å². The van der Waals surface area contributed by atoms with Gasteiger partial charge in [-0.3, -0.25) is 4.79 Å². The Morgan fingerprint density at radius 2 is 1.93 bits per heavy atom. The lowest BCUT2D eigenvalue weighted by Crippen LogP contribution is -2.29. The van der Waals surface area contributed by atoms with Gasteiger partial charge in [0.1, 0.15) is 0 Å². The van der Waals surface area contributed by atoms with Crippen molar-refractivity contribution >= 4 is 23.3 Å². The summed E-state index contributed by atoms with van der Waals surface area (Å²) in [5, 5.41) is 17.8. The molecule has 10 heteroatoms. The molecule has 226 valence electrons. The molecular formula is C33H37FN4O5. The number of hydrogen-bond donors (Lipinski definition) is 2. The number of hydrogen-bond acceptors (Lipinski definition) is 6. The highest BCUT2D eigenvalue weighted by atomic mass is 19.1. The second-order valence-corrected chi connectivity index (χ2v) is 11.9. The normalized spacial score (nSPS) is 13.8. The maximum absolute atomic E-state index is 15.5. The summed E-state index contributed by atoms with van der Waals surface area (Å²) in [6.45, 7) is 9.30. The van der Waals surface area contributed by atoms with Gasteiger partial charge in [0.25, 0.3) is 0 Å². The zero-order chi connectivity index (χ0) is 30.9. The second-order valence-electron chi connectivity index (χ2n) is 11.9. The van der Waals surface area contributed by atoms with Gasteiger partial charge in [-0.25, -0.2) is 18.7 Å². The number of aryl methyl sites for hydroxylation is 2. The number of ether oxygens (including phenoxy) is 2. The first-order chi connectivity index (χ1) is 20.4. The number of fused-ring (bicyclic) bond motifs is 2. The maximum Gasteiger partial charge on any atom is 0.337 e. The SMILES string of the molecule is Cc1nc2cc(NC(=O)CCCc3ccccc3)nn2c(-c2cc(F)c3c(c2C)CCCO3)c1[C@H](OC(C)(C)C)C(=O)O. The highest BCUT2D eigenvalue weighted by molar-refractivity contribution is 5.90. The number of benzene rings is 2. The predicted octanol–water partition coefficient (Wildman–Crippen LogP) is 6.38. The van der Waals surface area contributed by atoms with Gasteiger partial charge in [-0.05, 0) is 77.5 Å². The van der Waals surface area contributed by atoms with E-state index in [9.17, 15) is 14.7 Å². The van der Waals surface area contributed by atoms with Crippen LogP contribution in [0.4, 0.5) is 10.2 Å². The van der Waals surface area contributed by atoms with E-state index in [2.05, 4.69) is 15.4 Å². The molecule has 1 amide bonds. The minimum atomic E-state index is -1.41. The number of aromatic nitrogens is 3. The molecule has 0 bridgehead atoms. The van der Waals surface area contributed by atoms with Gasteiger partial charge in [-0.2, -0.15) is 0 Å². The molecule has 9 nitrogen and oxygen atoms in total. The summed E-state index contributed by atoms with van der Waals surface area (Å²) in [5.74, 6) is -1.46. The molecule has 1 aliphatic rings. The minimum Gasteiger partial charge on any atom is -0.490 e. The van der Waals surface area contributed by atoms with Crippen LogP contribution >= 0.6 is 0 Å². The van der Waals surface area contributed by atoms with Crippen LogP contribution in [0, 0.1) is 19.7 Å². The Bertz CT molecular complexity index is 1680. The number of carboxylic acid groups (broad SMARTS) is 1. The molecular weight excluding hydrogens is 551 g/mol. The van der Waals surface area contributed by atoms with Crippen molar-refractivity contribution in [3.05, 3.63) is 76.2 Å². The van der Waals surface area contributed by atoms with E-state index in [0.717, 1.165) is 29.5 Å². The Kier molecular flexibility index (Phi) is 8.50. The molecule has 0 aliphatic carbocycles. The highest BCUT2D eigenvalue weighted by Gasteiger charge is 2.34. The molecule has 0 unspecified atom stereocenters. The highest BCUT2D eigenvalue weighted by Crippen LogP contribution is 2.41. The van der Waals surface area contributed by atoms with Crippen LogP contribution in [0.25, 0.3) is 16.9 Å². The van der Waals surface area contributed by atoms with E-state index in [1.807, 2.05) is 37.3 Å². The number of nitrogens with one attached hydrogen (secondary N) is 1. The number of carbonyl (C=O) groups is 2. The van der Waals surface area contributed by atoms with Crippen LogP contribution in [0.15, 0.2) is 42.5 Å². The number of amides is 1. The smallest absolute Gasteiger partial charge is 0.337 e. The lowest BCUT2D eigenvalue weighted by molar-refractivity contribution is -0.160. The predicted molar refractivity (Wildman–Crippen MR) is 161 cm³/mol. The van der Waals surface area contributed by atoms with Gasteiger partial charge in [0, 0.05) is 34.9 Å². The molecule has 0 spiro atoms. The van der Waals surface area contributed by atoms with Crippen LogP contribution < -0.4 is 10.1 Å². The average Bonchev–Trinajstić information content (AvgIpc) is 3.34. The molecule has 0 fully saturated rings. The van der Waals surface area contributed by atoms with Crippen molar-refractivity contribution in [1.29, 1.82) is 0 Å². The molecule has 4 aromatic rings. The topological polar surface area (TPSA) is 115 Å². The monoisotopic (exact) mass is 588 g/mol. The largest absolute Gasteiger partial charge is 0.490 e. The Labute approximate surface area is 250 Å². The number of anilines is 1. The average molecular weight is 589 g/mol. The second kappa shape index (κ2) is 12.1. The Morgan fingerprint density at radius 3 is 2.63 bits per heavy atom. The molecule has 43 heavy (non-hydrogen) atoms. The number of nitrogens with zero attached hydrogens (tertiary/aromatic N) is 3. The van der Waals surface area contributed by atoms with Crippen molar-refractivity contribution in [2.24, 2.45) is 0 Å². The molecule has 2 aromatic heterocycles. The van der Waals surface area contributed by atoms with E-state index in [4.69, 9.17) is 9.47 Å². The van der Waals surface area contributed by atoms with Gasteiger partial charge in [0.05, 0.1) is 17.9 Å². The fraction of sp³-hybridized carbons (Fsp3) is 0.394. The van der Waals surface area contributed by atoms with E-state index in [0.29, 0.717) is 48.5 Å². The van der Waals surface area contributed by atoms with Gasteiger partial charge >= 0.3 is 5.97 Å². The number of rotatable bonds is 9. The van der Waals surface area contributed by atoms with Crippen LogP contribution in [0.1, 0.15) is 74.1 Å². The van der Waals surface area contributed by atoms with Gasteiger partial charge in [-0.15, -0.1) is 5.10 Å². The lowest BCUT2D eigenvalue weighted by atomic mass is 9.91. The van der Waals surface area contributed by atoms with Crippen LogP contribution in [-0.2, 0) is 27.2 Å². The van der Waals surface area contributed by atoms with E-state index in [1.165, 1.54) is 10.6 Å². The quantitative estimate of drug-likeness (QED) is 0.233. The van der Waals surface area contributed by atoms with E-state index >= 15 is 4.39 Å². The van der Waals surface area contributed by atoms with Crippen LogP contribution in [0.5, 0.6) is 5.75 Å². The Morgan fingerprint density at radius 1 is 1.19 bits per heavy atom. The van der Waals surface area contributed by atoms with Crippen molar-refractivity contribution in [2.75, 3.05) is 11.9 Å². The van der Waals surface area contributed by atoms with Gasteiger partial charge in [0.2, 0.25) is 5.91 Å². The summed E-state index contributed by atoms with van der Waals surface area (Å²) < 4.78 is 28.7. The fourth-order valence-corrected chi connectivity index (χ4v) is 5.56. The van der Waals surface area contributed by atoms with Crippen molar-refractivity contribution in [1.82, 2.24) is 14.6 Å². The Balaban J connectivity index is 1.60. The summed E-state index contributed by atoms with van der Waals surface area (Å²) in [5.41, 5.74) is 3.67. The molecule has 2 N–H and O–H groups in total. The first kappa shape index (κ1) is 30.2. The van der Waals surface area contributed by atoms with E-state index in [1.54, 1.807) is 33.8 Å². The Hall–Kier alpha value is -4.31. The molecule has 2 aromatic carbocycles. The molecule has 1 atom stereocenters. The maximum atomic E-state index is 15.5.